The van der Waals surface area contributed by atoms with Crippen molar-refractivity contribution in [2.75, 3.05) is 0 Å². The zero-order chi connectivity index (χ0) is 12.8. The number of para-hydroxylation sites is 1. The number of ether oxygens (including phenoxy) is 1. The third-order valence-corrected chi connectivity index (χ3v) is 2.42. The molecule has 0 fully saturated rings. The minimum Gasteiger partial charge on any atom is -0.487 e. The average molecular weight is 243 g/mol. The quantitative estimate of drug-likeness (QED) is 0.875. The van der Waals surface area contributed by atoms with Crippen molar-refractivity contribution in [2.24, 2.45) is 0 Å². The van der Waals surface area contributed by atoms with E-state index in [1.807, 2.05) is 24.3 Å². The predicted octanol–water partition coefficient (Wildman–Crippen LogP) is 2.29. The van der Waals surface area contributed by atoms with Crippen molar-refractivity contribution in [3.05, 3.63) is 59.9 Å². The molecule has 0 aliphatic carbocycles. The molecule has 0 aliphatic rings. The molecule has 0 bridgehead atoms. The highest BCUT2D eigenvalue weighted by Crippen LogP contribution is 2.19. The third kappa shape index (κ3) is 3.31. The molecule has 2 rings (SSSR count). The summed E-state index contributed by atoms with van der Waals surface area (Å²) < 4.78 is 5.60. The number of carboxylic acid groups (broad SMARTS) is 1. The molecule has 0 saturated heterocycles. The Kier molecular flexibility index (Phi) is 3.91. The van der Waals surface area contributed by atoms with Gasteiger partial charge in [-0.15, -0.1) is 0 Å². The van der Waals surface area contributed by atoms with Crippen LogP contribution < -0.4 is 4.74 Å². The molecule has 4 heteroatoms. The highest BCUT2D eigenvalue weighted by molar-refractivity contribution is 5.71. The fraction of sp³-hybridized carbons (Fsp3) is 0.143. The van der Waals surface area contributed by atoms with Gasteiger partial charge in [-0.25, -0.2) is 0 Å². The molecule has 1 heterocycles. The van der Waals surface area contributed by atoms with E-state index >= 15 is 0 Å². The van der Waals surface area contributed by atoms with Crippen molar-refractivity contribution in [1.82, 2.24) is 4.98 Å². The molecule has 18 heavy (non-hydrogen) atoms. The number of nitrogens with zero attached hydrogens (tertiary/aromatic N) is 1. The van der Waals surface area contributed by atoms with Gasteiger partial charge in [0.2, 0.25) is 0 Å². The zero-order valence-corrected chi connectivity index (χ0v) is 9.74. The first-order chi connectivity index (χ1) is 8.75. The van der Waals surface area contributed by atoms with Gasteiger partial charge in [-0.05, 0) is 18.2 Å². The van der Waals surface area contributed by atoms with Crippen molar-refractivity contribution in [3.63, 3.8) is 0 Å². The Bertz CT molecular complexity index is 526. The Morgan fingerprint density at radius 1 is 1.17 bits per heavy atom. The summed E-state index contributed by atoms with van der Waals surface area (Å²) in [5.74, 6) is -0.283. The molecule has 2 aromatic rings. The lowest BCUT2D eigenvalue weighted by Gasteiger charge is -2.09. The van der Waals surface area contributed by atoms with Gasteiger partial charge >= 0.3 is 5.97 Å². The highest BCUT2D eigenvalue weighted by atomic mass is 16.5. The number of aromatic nitrogens is 1. The van der Waals surface area contributed by atoms with E-state index < -0.39 is 5.97 Å². The van der Waals surface area contributed by atoms with E-state index in [-0.39, 0.29) is 6.42 Å². The summed E-state index contributed by atoms with van der Waals surface area (Å²) in [6.45, 7) is 0.331. The van der Waals surface area contributed by atoms with E-state index in [2.05, 4.69) is 4.98 Å². The number of pyridine rings is 1. The van der Waals surface area contributed by atoms with E-state index in [1.54, 1.807) is 24.4 Å². The number of benzene rings is 1. The molecule has 0 saturated carbocycles. The molecular formula is C14H13NO3. The van der Waals surface area contributed by atoms with Crippen LogP contribution in [0.5, 0.6) is 5.75 Å². The molecule has 0 aliphatic heterocycles. The lowest BCUT2D eigenvalue weighted by Crippen LogP contribution is -2.04. The fourth-order valence-corrected chi connectivity index (χ4v) is 1.59. The van der Waals surface area contributed by atoms with Gasteiger partial charge in [0, 0.05) is 11.8 Å². The predicted molar refractivity (Wildman–Crippen MR) is 66.4 cm³/mol. The normalized spacial score (nSPS) is 10.0. The summed E-state index contributed by atoms with van der Waals surface area (Å²) in [4.78, 5) is 14.9. The number of aliphatic carboxylic acids is 1. The van der Waals surface area contributed by atoms with Crippen molar-refractivity contribution >= 4 is 5.97 Å². The Hall–Kier alpha value is -2.36. The van der Waals surface area contributed by atoms with E-state index in [4.69, 9.17) is 9.84 Å². The number of hydrogen-bond donors (Lipinski definition) is 1. The van der Waals surface area contributed by atoms with Crippen LogP contribution in [0, 0.1) is 0 Å². The van der Waals surface area contributed by atoms with E-state index in [9.17, 15) is 4.79 Å². The lowest BCUT2D eigenvalue weighted by molar-refractivity contribution is -0.136. The van der Waals surface area contributed by atoms with Crippen LogP contribution in [-0.2, 0) is 17.8 Å². The van der Waals surface area contributed by atoms with E-state index in [0.717, 1.165) is 5.69 Å². The van der Waals surface area contributed by atoms with Crippen LogP contribution in [0.3, 0.4) is 0 Å². The summed E-state index contributed by atoms with van der Waals surface area (Å²) >= 11 is 0. The maximum atomic E-state index is 10.7. The summed E-state index contributed by atoms with van der Waals surface area (Å²) in [6, 6.07) is 12.7. The second-order valence-corrected chi connectivity index (χ2v) is 3.79. The van der Waals surface area contributed by atoms with Crippen molar-refractivity contribution in [1.29, 1.82) is 0 Å². The highest BCUT2D eigenvalue weighted by Gasteiger charge is 2.07. The minimum absolute atomic E-state index is 0.0433. The first-order valence-electron chi connectivity index (χ1n) is 5.58. The molecule has 0 spiro atoms. The van der Waals surface area contributed by atoms with E-state index in [0.29, 0.717) is 17.9 Å². The molecule has 92 valence electrons. The van der Waals surface area contributed by atoms with Gasteiger partial charge in [0.25, 0.3) is 0 Å². The van der Waals surface area contributed by atoms with Gasteiger partial charge in [0.1, 0.15) is 12.4 Å². The Morgan fingerprint density at radius 2 is 1.94 bits per heavy atom. The average Bonchev–Trinajstić information content (AvgIpc) is 2.38. The van der Waals surface area contributed by atoms with Gasteiger partial charge in [-0.2, -0.15) is 0 Å². The summed E-state index contributed by atoms with van der Waals surface area (Å²) in [6.07, 6.45) is 1.65. The second-order valence-electron chi connectivity index (χ2n) is 3.79. The molecule has 0 unspecified atom stereocenters. The molecule has 1 aromatic carbocycles. The molecule has 1 N–H and O–H groups in total. The van der Waals surface area contributed by atoms with Crippen molar-refractivity contribution in [3.8, 4) is 5.75 Å². The van der Waals surface area contributed by atoms with Gasteiger partial charge in [0.15, 0.2) is 0 Å². The van der Waals surface area contributed by atoms with Crippen LogP contribution in [0.2, 0.25) is 0 Å². The van der Waals surface area contributed by atoms with Crippen LogP contribution >= 0.6 is 0 Å². The van der Waals surface area contributed by atoms with Crippen LogP contribution in [0.1, 0.15) is 11.3 Å². The Labute approximate surface area is 105 Å². The molecule has 1 aromatic heterocycles. The smallest absolute Gasteiger partial charge is 0.307 e. The van der Waals surface area contributed by atoms with Crippen LogP contribution in [0.15, 0.2) is 48.7 Å². The molecule has 0 amide bonds. The van der Waals surface area contributed by atoms with Gasteiger partial charge < -0.3 is 9.84 Å². The number of rotatable bonds is 5. The van der Waals surface area contributed by atoms with Gasteiger partial charge in [-0.3, -0.25) is 9.78 Å². The van der Waals surface area contributed by atoms with Gasteiger partial charge in [-0.1, -0.05) is 24.3 Å². The van der Waals surface area contributed by atoms with Crippen LogP contribution in [-0.4, -0.2) is 16.1 Å². The number of hydrogen-bond acceptors (Lipinski definition) is 3. The topological polar surface area (TPSA) is 59.4 Å². The summed E-state index contributed by atoms with van der Waals surface area (Å²) in [5, 5.41) is 8.81. The third-order valence-electron chi connectivity index (χ3n) is 2.42. The number of carboxylic acids is 1. The Morgan fingerprint density at radius 3 is 2.67 bits per heavy atom. The standard InChI is InChI=1S/C14H13NO3/c16-14(17)9-11-5-1-2-7-13(11)18-10-12-6-3-4-8-15-12/h1-8H,9-10H2,(H,16,17). The molecular weight excluding hydrogens is 230 g/mol. The van der Waals surface area contributed by atoms with Crippen molar-refractivity contribution in [2.45, 2.75) is 13.0 Å². The number of carbonyl (C=O) groups is 1. The second kappa shape index (κ2) is 5.82. The van der Waals surface area contributed by atoms with Crippen LogP contribution in [0.25, 0.3) is 0 Å². The Balaban J connectivity index is 2.07. The summed E-state index contributed by atoms with van der Waals surface area (Å²) in [7, 11) is 0. The monoisotopic (exact) mass is 243 g/mol. The fourth-order valence-electron chi connectivity index (χ4n) is 1.59. The van der Waals surface area contributed by atoms with E-state index in [1.165, 1.54) is 0 Å². The molecule has 4 nitrogen and oxygen atoms in total. The maximum Gasteiger partial charge on any atom is 0.307 e. The van der Waals surface area contributed by atoms with Gasteiger partial charge in [0.05, 0.1) is 12.1 Å². The SMILES string of the molecule is O=C(O)Cc1ccccc1OCc1ccccn1. The molecule has 0 atom stereocenters. The first kappa shape index (κ1) is 12.1. The maximum absolute atomic E-state index is 10.7. The lowest BCUT2D eigenvalue weighted by atomic mass is 10.1. The zero-order valence-electron chi connectivity index (χ0n) is 9.74. The van der Waals surface area contributed by atoms with Crippen LogP contribution in [0.4, 0.5) is 0 Å². The van der Waals surface area contributed by atoms with Crippen molar-refractivity contribution < 1.29 is 14.6 Å². The minimum atomic E-state index is -0.871. The summed E-state index contributed by atoms with van der Waals surface area (Å²) in [5.41, 5.74) is 1.48. The first-order valence-corrected chi connectivity index (χ1v) is 5.58. The largest absolute Gasteiger partial charge is 0.487 e. The molecule has 0 radical (unpaired) electrons.